The molecule has 0 aromatic heterocycles. The van der Waals surface area contributed by atoms with Gasteiger partial charge < -0.3 is 29.1 Å². The molecule has 1 amide bonds. The Morgan fingerprint density at radius 2 is 1.88 bits per heavy atom. The highest BCUT2D eigenvalue weighted by Gasteiger charge is 2.46. The molecule has 33 heavy (non-hydrogen) atoms. The predicted octanol–water partition coefficient (Wildman–Crippen LogP) is 3.19. The Bertz CT molecular complexity index is 1090. The molecule has 0 spiro atoms. The van der Waals surface area contributed by atoms with Gasteiger partial charge in [0, 0.05) is 18.7 Å². The molecule has 8 nitrogen and oxygen atoms in total. The van der Waals surface area contributed by atoms with E-state index in [-0.39, 0.29) is 18.1 Å². The molecule has 2 heterocycles. The molecule has 1 atom stereocenters. The van der Waals surface area contributed by atoms with Gasteiger partial charge in [0.25, 0.3) is 11.7 Å². The molecule has 0 bridgehead atoms. The molecule has 1 N–H and O–H groups in total. The number of hydrogen-bond acceptors (Lipinski definition) is 7. The van der Waals surface area contributed by atoms with Gasteiger partial charge in [0.2, 0.25) is 6.79 Å². The van der Waals surface area contributed by atoms with Gasteiger partial charge in [-0.05, 0) is 49.0 Å². The topological polar surface area (TPSA) is 88.5 Å². The first-order valence-corrected chi connectivity index (χ1v) is 11.0. The number of rotatable bonds is 8. The van der Waals surface area contributed by atoms with Gasteiger partial charge in [-0.25, -0.2) is 0 Å². The van der Waals surface area contributed by atoms with Gasteiger partial charge >= 0.3 is 0 Å². The molecule has 0 aliphatic carbocycles. The van der Waals surface area contributed by atoms with Crippen LogP contribution in [0.3, 0.4) is 0 Å². The van der Waals surface area contributed by atoms with Crippen LogP contribution in [0.5, 0.6) is 17.2 Å². The summed E-state index contributed by atoms with van der Waals surface area (Å²) in [5, 5.41) is 11.2. The lowest BCUT2D eigenvalue weighted by atomic mass is 9.95. The Balaban J connectivity index is 1.80. The fraction of sp³-hybridized carbons (Fsp3) is 0.360. The Kier molecular flexibility index (Phi) is 6.55. The maximum atomic E-state index is 13.2. The summed E-state index contributed by atoms with van der Waals surface area (Å²) in [5.74, 6) is 0.0628. The maximum absolute atomic E-state index is 13.2. The van der Waals surface area contributed by atoms with Crippen LogP contribution in [-0.4, -0.2) is 66.7 Å². The number of Topliss-reactive ketones (excluding diaryl/α,β-unsaturated/α-hetero) is 1. The van der Waals surface area contributed by atoms with Gasteiger partial charge in [-0.2, -0.15) is 0 Å². The second kappa shape index (κ2) is 9.54. The van der Waals surface area contributed by atoms with Crippen molar-refractivity contribution in [3.05, 3.63) is 59.2 Å². The van der Waals surface area contributed by atoms with E-state index in [0.29, 0.717) is 41.5 Å². The summed E-state index contributed by atoms with van der Waals surface area (Å²) in [6.07, 6.45) is 0. The highest BCUT2D eigenvalue weighted by Crippen LogP contribution is 2.41. The number of aliphatic hydroxyl groups is 1. The number of carbonyl (C=O) groups excluding carboxylic acids is 2. The van der Waals surface area contributed by atoms with Crippen LogP contribution in [-0.2, 0) is 9.59 Å². The van der Waals surface area contributed by atoms with Gasteiger partial charge in [0.1, 0.15) is 11.5 Å². The molecule has 1 unspecified atom stereocenters. The fourth-order valence-corrected chi connectivity index (χ4v) is 4.26. The van der Waals surface area contributed by atoms with Gasteiger partial charge in [-0.3, -0.25) is 9.59 Å². The molecule has 2 aliphatic heterocycles. The van der Waals surface area contributed by atoms with Crippen molar-refractivity contribution in [1.29, 1.82) is 0 Å². The molecule has 2 aliphatic rings. The minimum absolute atomic E-state index is 0.0478. The molecule has 4 rings (SSSR count). The second-order valence-electron chi connectivity index (χ2n) is 7.86. The Hall–Kier alpha value is -3.52. The van der Waals surface area contributed by atoms with Gasteiger partial charge in [0.05, 0.1) is 18.7 Å². The number of nitrogens with zero attached hydrogens (tertiary/aromatic N) is 2. The number of likely N-dealkylation sites (N-methyl/N-ethyl adjacent to an activating group) is 1. The highest BCUT2D eigenvalue weighted by molar-refractivity contribution is 6.46. The normalized spacial score (nSPS) is 18.9. The first kappa shape index (κ1) is 22.7. The van der Waals surface area contributed by atoms with Crippen LogP contribution >= 0.6 is 0 Å². The van der Waals surface area contributed by atoms with Crippen LogP contribution in [0.1, 0.15) is 31.0 Å². The molecule has 1 saturated heterocycles. The monoisotopic (exact) mass is 452 g/mol. The molecule has 0 radical (unpaired) electrons. The van der Waals surface area contributed by atoms with E-state index in [1.807, 2.05) is 6.07 Å². The van der Waals surface area contributed by atoms with Crippen LogP contribution in [0.2, 0.25) is 0 Å². The number of hydrogen-bond donors (Lipinski definition) is 1. The number of amides is 1. The highest BCUT2D eigenvalue weighted by atomic mass is 16.7. The summed E-state index contributed by atoms with van der Waals surface area (Å²) in [4.78, 5) is 30.0. The van der Waals surface area contributed by atoms with E-state index in [9.17, 15) is 14.7 Å². The minimum atomic E-state index is -0.735. The zero-order valence-corrected chi connectivity index (χ0v) is 19.0. The number of ether oxygens (including phenoxy) is 3. The zero-order chi connectivity index (χ0) is 23.5. The van der Waals surface area contributed by atoms with Crippen LogP contribution in [0.4, 0.5) is 0 Å². The van der Waals surface area contributed by atoms with Gasteiger partial charge in [0.15, 0.2) is 11.5 Å². The molecule has 1 fully saturated rings. The first-order chi connectivity index (χ1) is 16.0. The number of methoxy groups -OCH3 is 1. The van der Waals surface area contributed by atoms with E-state index in [1.54, 1.807) is 43.5 Å². The predicted molar refractivity (Wildman–Crippen MR) is 122 cm³/mol. The Labute approximate surface area is 193 Å². The van der Waals surface area contributed by atoms with Crippen LogP contribution < -0.4 is 14.2 Å². The van der Waals surface area contributed by atoms with Crippen molar-refractivity contribution in [3.63, 3.8) is 0 Å². The SMILES string of the molecule is CCN(CC)CCN1C(=O)C(=O)/C(=C(\O)c2ccc3c(c2)OCO3)C1c1cccc(OC)c1. The lowest BCUT2D eigenvalue weighted by molar-refractivity contribution is -0.140. The van der Waals surface area contributed by atoms with Crippen LogP contribution in [0.15, 0.2) is 48.0 Å². The van der Waals surface area contributed by atoms with E-state index in [2.05, 4.69) is 18.7 Å². The number of ketones is 1. The largest absolute Gasteiger partial charge is 0.507 e. The number of benzene rings is 2. The average Bonchev–Trinajstić information content (AvgIpc) is 3.41. The molecule has 2 aromatic carbocycles. The lowest BCUT2D eigenvalue weighted by Crippen LogP contribution is -2.38. The van der Waals surface area contributed by atoms with Crippen molar-refractivity contribution in [2.75, 3.05) is 40.1 Å². The maximum Gasteiger partial charge on any atom is 0.295 e. The third-order valence-electron chi connectivity index (χ3n) is 6.15. The first-order valence-electron chi connectivity index (χ1n) is 11.0. The summed E-state index contributed by atoms with van der Waals surface area (Å²) < 4.78 is 16.1. The smallest absolute Gasteiger partial charge is 0.295 e. The van der Waals surface area contributed by atoms with Crippen molar-refractivity contribution in [2.45, 2.75) is 19.9 Å². The summed E-state index contributed by atoms with van der Waals surface area (Å²) in [6, 6.07) is 11.4. The lowest BCUT2D eigenvalue weighted by Gasteiger charge is -2.28. The molecule has 2 aromatic rings. The van der Waals surface area contributed by atoms with Crippen molar-refractivity contribution in [3.8, 4) is 17.2 Å². The average molecular weight is 453 g/mol. The summed E-state index contributed by atoms with van der Waals surface area (Å²) in [6.45, 7) is 6.84. The van der Waals surface area contributed by atoms with Crippen LogP contribution in [0, 0.1) is 0 Å². The quantitative estimate of drug-likeness (QED) is 0.374. The molecular weight excluding hydrogens is 424 g/mol. The van der Waals surface area contributed by atoms with Gasteiger partial charge in [-0.15, -0.1) is 0 Å². The van der Waals surface area contributed by atoms with E-state index >= 15 is 0 Å². The van der Waals surface area contributed by atoms with Crippen molar-refractivity contribution in [1.82, 2.24) is 9.80 Å². The van der Waals surface area contributed by atoms with E-state index in [0.717, 1.165) is 13.1 Å². The summed E-state index contributed by atoms with van der Waals surface area (Å²) in [7, 11) is 1.56. The molecule has 8 heteroatoms. The van der Waals surface area contributed by atoms with Crippen molar-refractivity contribution < 1.29 is 28.9 Å². The number of likely N-dealkylation sites (tertiary alicyclic amines) is 1. The van der Waals surface area contributed by atoms with Crippen LogP contribution in [0.25, 0.3) is 5.76 Å². The third-order valence-corrected chi connectivity index (χ3v) is 6.15. The zero-order valence-electron chi connectivity index (χ0n) is 19.0. The van der Waals surface area contributed by atoms with Gasteiger partial charge in [-0.1, -0.05) is 26.0 Å². The van der Waals surface area contributed by atoms with Crippen molar-refractivity contribution in [2.24, 2.45) is 0 Å². The molecular formula is C25H28N2O6. The van der Waals surface area contributed by atoms with Crippen molar-refractivity contribution >= 4 is 17.4 Å². The number of carbonyl (C=O) groups is 2. The third kappa shape index (κ3) is 4.26. The molecule has 0 saturated carbocycles. The second-order valence-corrected chi connectivity index (χ2v) is 7.86. The Morgan fingerprint density at radius 1 is 1.12 bits per heavy atom. The molecule has 174 valence electrons. The Morgan fingerprint density at radius 3 is 2.61 bits per heavy atom. The number of fused-ring (bicyclic) bond motifs is 1. The van der Waals surface area contributed by atoms with E-state index in [4.69, 9.17) is 14.2 Å². The number of aliphatic hydroxyl groups excluding tert-OH is 1. The van der Waals surface area contributed by atoms with E-state index < -0.39 is 17.7 Å². The standard InChI is InChI=1S/C25H28N2O6/c1-4-26(5-2)11-12-27-22(16-7-6-8-18(13-16)31-3)21(24(29)25(27)30)23(28)17-9-10-19-20(14-17)33-15-32-19/h6-10,13-14,22,28H,4-5,11-12,15H2,1-3H3/b23-21-. The minimum Gasteiger partial charge on any atom is -0.507 e. The van der Waals surface area contributed by atoms with E-state index in [1.165, 1.54) is 4.90 Å². The summed E-state index contributed by atoms with van der Waals surface area (Å²) >= 11 is 0. The fourth-order valence-electron chi connectivity index (χ4n) is 4.26. The summed E-state index contributed by atoms with van der Waals surface area (Å²) in [5.41, 5.74) is 1.12.